The fourth-order valence-corrected chi connectivity index (χ4v) is 2.22. The van der Waals surface area contributed by atoms with Crippen molar-refractivity contribution in [3.8, 4) is 0 Å². The minimum Gasteiger partial charge on any atom is -0.467 e. The van der Waals surface area contributed by atoms with Gasteiger partial charge in [0.1, 0.15) is 5.72 Å². The number of hydrogen-bond acceptors (Lipinski definition) is 4. The Balaban J connectivity index is 2.33. The quantitative estimate of drug-likeness (QED) is 0.758. The van der Waals surface area contributed by atoms with Gasteiger partial charge in [0.25, 0.3) is 5.91 Å². The van der Waals surface area contributed by atoms with Crippen LogP contribution in [-0.2, 0) is 14.3 Å². The lowest BCUT2D eigenvalue weighted by molar-refractivity contribution is -0.145. The molecule has 0 bridgehead atoms. The molecule has 5 heteroatoms. The van der Waals surface area contributed by atoms with Gasteiger partial charge in [-0.1, -0.05) is 18.2 Å². The van der Waals surface area contributed by atoms with E-state index in [4.69, 9.17) is 9.47 Å². The molecule has 0 aromatic heterocycles. The van der Waals surface area contributed by atoms with Crippen LogP contribution in [0.3, 0.4) is 0 Å². The number of hydrogen-bond donors (Lipinski definition) is 0. The number of ether oxygens (including phenoxy) is 2. The summed E-state index contributed by atoms with van der Waals surface area (Å²) in [7, 11) is 1.30. The molecule has 1 saturated heterocycles. The van der Waals surface area contributed by atoms with Gasteiger partial charge < -0.3 is 9.47 Å². The lowest BCUT2D eigenvalue weighted by atomic mass is 10.1. The van der Waals surface area contributed by atoms with E-state index in [1.54, 1.807) is 38.1 Å². The second-order valence-electron chi connectivity index (χ2n) is 4.84. The summed E-state index contributed by atoms with van der Waals surface area (Å²) in [6.45, 7) is 3.67. The molecule has 2 rings (SSSR count). The molecule has 0 radical (unpaired) electrons. The summed E-state index contributed by atoms with van der Waals surface area (Å²) in [5.41, 5.74) is -0.304. The van der Waals surface area contributed by atoms with E-state index in [1.807, 2.05) is 6.07 Å². The van der Waals surface area contributed by atoms with Crippen molar-refractivity contribution in [2.24, 2.45) is 0 Å². The normalized spacial score (nSPS) is 21.2. The van der Waals surface area contributed by atoms with Crippen LogP contribution < -0.4 is 0 Å². The topological polar surface area (TPSA) is 55.8 Å². The van der Waals surface area contributed by atoms with Crippen LogP contribution in [0.5, 0.6) is 0 Å². The van der Waals surface area contributed by atoms with Crippen molar-refractivity contribution in [2.75, 3.05) is 13.7 Å². The SMILES string of the molecule is COC(=O)[C@H]1COC(C)(C)N1C(=O)c1ccccc1. The van der Waals surface area contributed by atoms with Crippen LogP contribution in [0, 0.1) is 0 Å². The number of esters is 1. The lowest BCUT2D eigenvalue weighted by Crippen LogP contribution is -2.50. The number of carbonyl (C=O) groups excluding carboxylic acids is 2. The minimum atomic E-state index is -0.828. The van der Waals surface area contributed by atoms with Gasteiger partial charge in [-0.3, -0.25) is 9.69 Å². The molecule has 5 nitrogen and oxygen atoms in total. The van der Waals surface area contributed by atoms with Crippen LogP contribution in [0.15, 0.2) is 30.3 Å². The fraction of sp³-hybridized carbons (Fsp3) is 0.429. The zero-order valence-corrected chi connectivity index (χ0v) is 11.3. The van der Waals surface area contributed by atoms with Crippen molar-refractivity contribution in [1.29, 1.82) is 0 Å². The molecular weight excluding hydrogens is 246 g/mol. The number of methoxy groups -OCH3 is 1. The highest BCUT2D eigenvalue weighted by Crippen LogP contribution is 2.29. The molecule has 19 heavy (non-hydrogen) atoms. The third kappa shape index (κ3) is 2.46. The average molecular weight is 263 g/mol. The molecule has 1 atom stereocenters. The summed E-state index contributed by atoms with van der Waals surface area (Å²) in [5, 5.41) is 0. The Morgan fingerprint density at radius 1 is 1.32 bits per heavy atom. The molecule has 1 aromatic carbocycles. The summed E-state index contributed by atoms with van der Waals surface area (Å²) < 4.78 is 10.3. The van der Waals surface area contributed by atoms with Crippen LogP contribution in [-0.4, -0.2) is 42.3 Å². The van der Waals surface area contributed by atoms with Gasteiger partial charge in [-0.25, -0.2) is 4.79 Å². The van der Waals surface area contributed by atoms with E-state index in [0.717, 1.165) is 0 Å². The Kier molecular flexibility index (Phi) is 3.57. The maximum Gasteiger partial charge on any atom is 0.331 e. The van der Waals surface area contributed by atoms with Gasteiger partial charge in [-0.2, -0.15) is 0 Å². The van der Waals surface area contributed by atoms with Crippen LogP contribution in [0.2, 0.25) is 0 Å². The van der Waals surface area contributed by atoms with Gasteiger partial charge in [-0.05, 0) is 26.0 Å². The molecule has 102 valence electrons. The summed E-state index contributed by atoms with van der Waals surface area (Å²) >= 11 is 0. The Morgan fingerprint density at radius 2 is 1.95 bits per heavy atom. The third-order valence-electron chi connectivity index (χ3n) is 3.20. The largest absolute Gasteiger partial charge is 0.467 e. The van der Waals surface area contributed by atoms with Gasteiger partial charge in [-0.15, -0.1) is 0 Å². The van der Waals surface area contributed by atoms with Crippen molar-refractivity contribution in [1.82, 2.24) is 4.90 Å². The Bertz CT molecular complexity index is 483. The van der Waals surface area contributed by atoms with Gasteiger partial charge in [0, 0.05) is 5.56 Å². The molecule has 0 saturated carbocycles. The van der Waals surface area contributed by atoms with E-state index in [0.29, 0.717) is 5.56 Å². The molecule has 1 heterocycles. The smallest absolute Gasteiger partial charge is 0.331 e. The summed E-state index contributed by atoms with van der Waals surface area (Å²) in [6, 6.07) is 8.12. The maximum absolute atomic E-state index is 12.5. The number of benzene rings is 1. The number of nitrogens with zero attached hydrogens (tertiary/aromatic N) is 1. The zero-order chi connectivity index (χ0) is 14.0. The Hall–Kier alpha value is -1.88. The molecule has 1 amide bonds. The molecule has 0 spiro atoms. The van der Waals surface area contributed by atoms with Crippen molar-refractivity contribution in [3.63, 3.8) is 0 Å². The van der Waals surface area contributed by atoms with Crippen LogP contribution >= 0.6 is 0 Å². The van der Waals surface area contributed by atoms with Crippen molar-refractivity contribution >= 4 is 11.9 Å². The highest BCUT2D eigenvalue weighted by Gasteiger charge is 2.47. The fourth-order valence-electron chi connectivity index (χ4n) is 2.22. The van der Waals surface area contributed by atoms with E-state index < -0.39 is 17.7 Å². The predicted molar refractivity (Wildman–Crippen MR) is 68.4 cm³/mol. The van der Waals surface area contributed by atoms with Crippen LogP contribution in [0.25, 0.3) is 0 Å². The first kappa shape index (κ1) is 13.5. The monoisotopic (exact) mass is 263 g/mol. The zero-order valence-electron chi connectivity index (χ0n) is 11.3. The van der Waals surface area contributed by atoms with E-state index in [2.05, 4.69) is 0 Å². The van der Waals surface area contributed by atoms with E-state index >= 15 is 0 Å². The molecular formula is C14H17NO4. The average Bonchev–Trinajstić information content (AvgIpc) is 2.73. The highest BCUT2D eigenvalue weighted by molar-refractivity contribution is 5.97. The molecule has 1 aliphatic heterocycles. The number of amides is 1. The first-order valence-corrected chi connectivity index (χ1v) is 6.08. The number of carbonyl (C=O) groups is 2. The van der Waals surface area contributed by atoms with Crippen molar-refractivity contribution < 1.29 is 19.1 Å². The van der Waals surface area contributed by atoms with Crippen molar-refractivity contribution in [3.05, 3.63) is 35.9 Å². The first-order valence-electron chi connectivity index (χ1n) is 6.08. The van der Waals surface area contributed by atoms with E-state index in [9.17, 15) is 9.59 Å². The second kappa shape index (κ2) is 5.01. The summed E-state index contributed by atoms with van der Waals surface area (Å²) in [6.07, 6.45) is 0. The summed E-state index contributed by atoms with van der Waals surface area (Å²) in [5.74, 6) is -0.701. The Morgan fingerprint density at radius 3 is 2.53 bits per heavy atom. The maximum atomic E-state index is 12.5. The second-order valence-corrected chi connectivity index (χ2v) is 4.84. The Labute approximate surface area is 112 Å². The molecule has 1 fully saturated rings. The van der Waals surface area contributed by atoms with Gasteiger partial charge in [0.15, 0.2) is 6.04 Å². The van der Waals surface area contributed by atoms with Gasteiger partial charge in [0.05, 0.1) is 13.7 Å². The highest BCUT2D eigenvalue weighted by atomic mass is 16.6. The standard InChI is InChI=1S/C14H17NO4/c1-14(2)15(11(9-19-14)13(17)18-3)12(16)10-7-5-4-6-8-10/h4-8,11H,9H2,1-3H3/t11-/m1/s1. The predicted octanol–water partition coefficient (Wildman–Crippen LogP) is 1.44. The van der Waals surface area contributed by atoms with Gasteiger partial charge >= 0.3 is 5.97 Å². The van der Waals surface area contributed by atoms with E-state index in [1.165, 1.54) is 12.0 Å². The minimum absolute atomic E-state index is 0.151. The molecule has 0 aliphatic carbocycles. The molecule has 1 aromatic rings. The molecule has 0 unspecified atom stereocenters. The van der Waals surface area contributed by atoms with Crippen LogP contribution in [0.4, 0.5) is 0 Å². The summed E-state index contributed by atoms with van der Waals surface area (Å²) in [4.78, 5) is 25.7. The number of rotatable bonds is 2. The molecule has 0 N–H and O–H groups in total. The first-order chi connectivity index (χ1) is 8.97. The van der Waals surface area contributed by atoms with E-state index in [-0.39, 0.29) is 12.5 Å². The van der Waals surface area contributed by atoms with Gasteiger partial charge in [0.2, 0.25) is 0 Å². The lowest BCUT2D eigenvalue weighted by Gasteiger charge is -2.32. The third-order valence-corrected chi connectivity index (χ3v) is 3.20. The molecule has 1 aliphatic rings. The van der Waals surface area contributed by atoms with Crippen LogP contribution in [0.1, 0.15) is 24.2 Å². The van der Waals surface area contributed by atoms with Crippen molar-refractivity contribution in [2.45, 2.75) is 25.6 Å².